The standard InChI is InChI=1S/C54H31BN2O3/c1-6-18-44-36(12-1)37-13-2-7-19-45(37)56(44)33-25-26-40-42-29-34(57-46-20-8-3-14-38(46)39-15-4-9-21-47(39)57)31-52-54(42)55(60-51(40)30-33)43-28-32(24-27-49(43)59-52)35-17-11-23-50-53(35)41-16-5-10-22-48(41)58-50/h1-31H. The second-order valence-electron chi connectivity index (χ2n) is 16.0. The van der Waals surface area contributed by atoms with Gasteiger partial charge in [0.15, 0.2) is 0 Å². The van der Waals surface area contributed by atoms with Crippen molar-refractivity contribution in [2.24, 2.45) is 0 Å². The fourth-order valence-corrected chi connectivity index (χ4v) is 10.2. The first-order valence-electron chi connectivity index (χ1n) is 20.4. The average Bonchev–Trinajstić information content (AvgIpc) is 3.97. The molecule has 0 amide bonds. The predicted molar refractivity (Wildman–Crippen MR) is 245 cm³/mol. The lowest BCUT2D eigenvalue weighted by atomic mass is 9.50. The highest BCUT2D eigenvalue weighted by atomic mass is 16.5. The SMILES string of the molecule is c1ccc2c(c1)oc1cccc(-c3ccc4c(c3)B3Oc5cc(-n6c7ccccc7c7ccccc76)ccc5-c5cc(-n6c7ccccc7c7ccccc76)cc(c53)O4)c12. The second kappa shape index (κ2) is 11.8. The Labute approximate surface area is 344 Å². The van der Waals surface area contributed by atoms with E-state index in [1.54, 1.807) is 0 Å². The van der Waals surface area contributed by atoms with Crippen LogP contribution in [0.5, 0.6) is 17.2 Å². The smallest absolute Gasteiger partial charge is 0.434 e. The van der Waals surface area contributed by atoms with Crippen molar-refractivity contribution < 1.29 is 13.8 Å². The summed E-state index contributed by atoms with van der Waals surface area (Å²) < 4.78 is 25.4. The summed E-state index contributed by atoms with van der Waals surface area (Å²) in [6.07, 6.45) is 0. The topological polar surface area (TPSA) is 41.5 Å². The van der Waals surface area contributed by atoms with E-state index in [0.717, 1.165) is 106 Å². The molecule has 6 heteroatoms. The molecule has 5 nitrogen and oxygen atoms in total. The van der Waals surface area contributed by atoms with E-state index in [0.29, 0.717) is 0 Å². The Morgan fingerprint density at radius 1 is 0.383 bits per heavy atom. The lowest BCUT2D eigenvalue weighted by Crippen LogP contribution is -2.53. The molecular weight excluding hydrogens is 735 g/mol. The summed E-state index contributed by atoms with van der Waals surface area (Å²) in [4.78, 5) is 0. The number of fused-ring (bicyclic) bond motifs is 13. The van der Waals surface area contributed by atoms with Crippen LogP contribution < -0.4 is 20.3 Å². The molecule has 60 heavy (non-hydrogen) atoms. The first-order valence-corrected chi connectivity index (χ1v) is 20.4. The van der Waals surface area contributed by atoms with Crippen LogP contribution in [0.3, 0.4) is 0 Å². The molecule has 12 aromatic rings. The third kappa shape index (κ3) is 4.31. The van der Waals surface area contributed by atoms with Crippen LogP contribution in [0.4, 0.5) is 0 Å². The molecule has 0 spiro atoms. The molecule has 0 radical (unpaired) electrons. The van der Waals surface area contributed by atoms with Crippen molar-refractivity contribution in [3.8, 4) is 50.9 Å². The Bertz CT molecular complexity index is 3710. The molecule has 0 saturated carbocycles. The van der Waals surface area contributed by atoms with E-state index >= 15 is 0 Å². The minimum absolute atomic E-state index is 0.410. The van der Waals surface area contributed by atoms with Gasteiger partial charge in [-0.25, -0.2) is 0 Å². The maximum absolute atomic E-state index is 7.31. The van der Waals surface area contributed by atoms with Gasteiger partial charge in [-0.3, -0.25) is 0 Å². The molecule has 0 fully saturated rings. The van der Waals surface area contributed by atoms with Gasteiger partial charge in [0.25, 0.3) is 0 Å². The molecule has 0 bridgehead atoms. The van der Waals surface area contributed by atoms with Crippen molar-refractivity contribution in [1.82, 2.24) is 9.13 Å². The number of furan rings is 1. The molecule has 278 valence electrons. The van der Waals surface area contributed by atoms with Crippen LogP contribution >= 0.6 is 0 Å². The third-order valence-electron chi connectivity index (χ3n) is 12.8. The fraction of sp³-hybridized carbons (Fsp3) is 0. The zero-order valence-corrected chi connectivity index (χ0v) is 32.1. The van der Waals surface area contributed by atoms with Gasteiger partial charge >= 0.3 is 6.92 Å². The van der Waals surface area contributed by atoms with Crippen molar-refractivity contribution in [2.45, 2.75) is 0 Å². The summed E-state index contributed by atoms with van der Waals surface area (Å²) in [6.45, 7) is -0.410. The number of hydrogen-bond donors (Lipinski definition) is 0. The molecule has 3 aromatic heterocycles. The third-order valence-corrected chi connectivity index (χ3v) is 12.8. The van der Waals surface area contributed by atoms with Crippen molar-refractivity contribution in [2.75, 3.05) is 0 Å². The van der Waals surface area contributed by atoms with Gasteiger partial charge in [-0.05, 0) is 77.4 Å². The van der Waals surface area contributed by atoms with Gasteiger partial charge in [0, 0.05) is 66.6 Å². The molecule has 9 aromatic carbocycles. The summed E-state index contributed by atoms with van der Waals surface area (Å²) in [6, 6.07) is 66.9. The van der Waals surface area contributed by atoms with Gasteiger partial charge in [0.2, 0.25) is 0 Å². The minimum atomic E-state index is -0.410. The molecule has 5 heterocycles. The Kier molecular flexibility index (Phi) is 6.31. The van der Waals surface area contributed by atoms with Gasteiger partial charge in [-0.15, -0.1) is 0 Å². The molecular formula is C54H31BN2O3. The number of para-hydroxylation sites is 5. The van der Waals surface area contributed by atoms with E-state index in [-0.39, 0.29) is 0 Å². The quantitative estimate of drug-likeness (QED) is 0.168. The number of rotatable bonds is 3. The van der Waals surface area contributed by atoms with Gasteiger partial charge in [0.1, 0.15) is 28.4 Å². The molecule has 2 aliphatic rings. The Hall–Kier alpha value is -7.96. The van der Waals surface area contributed by atoms with E-state index in [4.69, 9.17) is 13.8 Å². The van der Waals surface area contributed by atoms with Crippen molar-refractivity contribution in [1.29, 1.82) is 0 Å². The van der Waals surface area contributed by atoms with Crippen molar-refractivity contribution in [3.05, 3.63) is 188 Å². The van der Waals surface area contributed by atoms with Crippen LogP contribution in [0.2, 0.25) is 0 Å². The maximum atomic E-state index is 7.31. The predicted octanol–water partition coefficient (Wildman–Crippen LogP) is 12.7. The van der Waals surface area contributed by atoms with Crippen LogP contribution in [-0.4, -0.2) is 16.0 Å². The fourth-order valence-electron chi connectivity index (χ4n) is 10.2. The molecule has 0 atom stereocenters. The van der Waals surface area contributed by atoms with E-state index in [1.165, 1.54) is 21.5 Å². The van der Waals surface area contributed by atoms with Gasteiger partial charge in [-0.1, -0.05) is 115 Å². The van der Waals surface area contributed by atoms with Crippen LogP contribution in [0.15, 0.2) is 192 Å². The highest BCUT2D eigenvalue weighted by Crippen LogP contribution is 2.45. The highest BCUT2D eigenvalue weighted by molar-refractivity contribution is 6.84. The zero-order chi connectivity index (χ0) is 39.1. The number of benzene rings is 9. The van der Waals surface area contributed by atoms with Crippen LogP contribution in [-0.2, 0) is 0 Å². The monoisotopic (exact) mass is 766 g/mol. The van der Waals surface area contributed by atoms with Crippen LogP contribution in [0, 0.1) is 0 Å². The van der Waals surface area contributed by atoms with Crippen molar-refractivity contribution >= 4 is 83.4 Å². The summed E-state index contributed by atoms with van der Waals surface area (Å²) in [5.74, 6) is 2.42. The summed E-state index contributed by atoms with van der Waals surface area (Å²) in [5.41, 5.74) is 14.8. The number of ether oxygens (including phenoxy) is 1. The van der Waals surface area contributed by atoms with E-state index in [9.17, 15) is 0 Å². The summed E-state index contributed by atoms with van der Waals surface area (Å²) in [7, 11) is 0. The van der Waals surface area contributed by atoms with E-state index in [1.807, 2.05) is 18.2 Å². The normalized spacial score (nSPS) is 12.9. The number of aromatic nitrogens is 2. The Morgan fingerprint density at radius 2 is 0.967 bits per heavy atom. The Balaban J connectivity index is 1.01. The highest BCUT2D eigenvalue weighted by Gasteiger charge is 2.42. The number of nitrogens with zero attached hydrogens (tertiary/aromatic N) is 2. The largest absolute Gasteiger partial charge is 0.551 e. The van der Waals surface area contributed by atoms with E-state index < -0.39 is 6.92 Å². The first kappa shape index (κ1) is 32.1. The van der Waals surface area contributed by atoms with Crippen molar-refractivity contribution in [3.63, 3.8) is 0 Å². The van der Waals surface area contributed by atoms with Crippen LogP contribution in [0.25, 0.3) is 99.2 Å². The summed E-state index contributed by atoms with van der Waals surface area (Å²) in [5, 5.41) is 7.09. The lowest BCUT2D eigenvalue weighted by molar-refractivity contribution is 0.479. The van der Waals surface area contributed by atoms with E-state index in [2.05, 4.69) is 179 Å². The zero-order valence-electron chi connectivity index (χ0n) is 32.1. The molecule has 14 rings (SSSR count). The maximum Gasteiger partial charge on any atom is 0.434 e. The average molecular weight is 767 g/mol. The van der Waals surface area contributed by atoms with Crippen LogP contribution in [0.1, 0.15) is 0 Å². The van der Waals surface area contributed by atoms with Gasteiger partial charge in [0.05, 0.1) is 27.8 Å². The first-order chi connectivity index (χ1) is 29.7. The molecule has 0 aliphatic carbocycles. The molecule has 2 aliphatic heterocycles. The minimum Gasteiger partial charge on any atom is -0.551 e. The summed E-state index contributed by atoms with van der Waals surface area (Å²) >= 11 is 0. The Morgan fingerprint density at radius 3 is 1.65 bits per heavy atom. The second-order valence-corrected chi connectivity index (χ2v) is 16.0. The number of hydrogen-bond acceptors (Lipinski definition) is 3. The molecule has 0 unspecified atom stereocenters. The van der Waals surface area contributed by atoms with Gasteiger partial charge in [-0.2, -0.15) is 0 Å². The molecule has 0 N–H and O–H groups in total. The van der Waals surface area contributed by atoms with Gasteiger partial charge < -0.3 is 22.9 Å². The lowest BCUT2D eigenvalue weighted by Gasteiger charge is -2.34. The molecule has 0 saturated heterocycles.